The van der Waals surface area contributed by atoms with E-state index in [-0.39, 0.29) is 5.91 Å². The normalized spacial score (nSPS) is 16.7. The van der Waals surface area contributed by atoms with Crippen LogP contribution in [-0.4, -0.2) is 30.5 Å². The van der Waals surface area contributed by atoms with Crippen LogP contribution in [0.3, 0.4) is 0 Å². The highest BCUT2D eigenvalue weighted by molar-refractivity contribution is 5.91. The smallest absolute Gasteiger partial charge is 0.273 e. The molecule has 0 aliphatic carbocycles. The second-order valence-corrected chi connectivity index (χ2v) is 4.09. The molecule has 1 aromatic heterocycles. The molecule has 1 fully saturated rings. The Balaban J connectivity index is 1.99. The molecule has 0 saturated carbocycles. The first-order valence-corrected chi connectivity index (χ1v) is 5.86. The quantitative estimate of drug-likeness (QED) is 0.766. The Hall–Kier alpha value is -1.62. The summed E-state index contributed by atoms with van der Waals surface area (Å²) in [5.74, 6) is 0.793. The van der Waals surface area contributed by atoms with Crippen molar-refractivity contribution in [2.24, 2.45) is 0 Å². The van der Waals surface area contributed by atoms with Crippen LogP contribution in [0.1, 0.15) is 35.1 Å². The average Bonchev–Trinajstić information content (AvgIpc) is 2.86. The van der Waals surface area contributed by atoms with Crippen LogP contribution in [0.5, 0.6) is 0 Å². The van der Waals surface area contributed by atoms with Gasteiger partial charge in [0.25, 0.3) is 5.91 Å². The maximum Gasteiger partial charge on any atom is 0.273 e. The molecule has 1 aromatic rings. The first-order valence-electron chi connectivity index (χ1n) is 5.86. The second kappa shape index (κ2) is 5.63. The molecule has 0 atom stereocenters. The molecule has 1 aliphatic heterocycles. The predicted octanol–water partition coefficient (Wildman–Crippen LogP) is 1.06. The van der Waals surface area contributed by atoms with E-state index >= 15 is 0 Å². The van der Waals surface area contributed by atoms with Gasteiger partial charge in [0.1, 0.15) is 6.26 Å². The summed E-state index contributed by atoms with van der Waals surface area (Å²) in [6.07, 6.45) is 5.07. The summed E-state index contributed by atoms with van der Waals surface area (Å²) < 4.78 is 5.38. The summed E-state index contributed by atoms with van der Waals surface area (Å²) in [6, 6.07) is 0. The maximum absolute atomic E-state index is 11.6. The summed E-state index contributed by atoms with van der Waals surface area (Å²) in [4.78, 5) is 15.9. The molecule has 0 bridgehead atoms. The fraction of sp³-hybridized carbons (Fsp3) is 0.500. The van der Waals surface area contributed by atoms with Gasteiger partial charge in [-0.05, 0) is 25.9 Å². The summed E-state index contributed by atoms with van der Waals surface area (Å²) >= 11 is 0. The maximum atomic E-state index is 11.6. The van der Waals surface area contributed by atoms with Crippen molar-refractivity contribution in [2.75, 3.05) is 19.6 Å². The lowest BCUT2D eigenvalue weighted by molar-refractivity contribution is 0.0953. The summed E-state index contributed by atoms with van der Waals surface area (Å²) in [5, 5.41) is 5.96. The highest BCUT2D eigenvalue weighted by Gasteiger charge is 2.21. The summed E-state index contributed by atoms with van der Waals surface area (Å²) in [5.41, 5.74) is 0.348. The van der Waals surface area contributed by atoms with E-state index in [0.29, 0.717) is 24.0 Å². The lowest BCUT2D eigenvalue weighted by Gasteiger charge is -2.19. The van der Waals surface area contributed by atoms with Crippen molar-refractivity contribution in [1.82, 2.24) is 15.6 Å². The number of rotatable bonds is 4. The number of carbonyl (C=O) groups excluding carboxylic acids is 1. The van der Waals surface area contributed by atoms with Crippen LogP contribution in [0.25, 0.3) is 0 Å². The van der Waals surface area contributed by atoms with Gasteiger partial charge in [-0.1, -0.05) is 6.08 Å². The third-order valence-corrected chi connectivity index (χ3v) is 2.85. The van der Waals surface area contributed by atoms with E-state index < -0.39 is 0 Å². The van der Waals surface area contributed by atoms with Crippen LogP contribution >= 0.6 is 0 Å². The van der Waals surface area contributed by atoms with E-state index in [4.69, 9.17) is 4.42 Å². The lowest BCUT2D eigenvalue weighted by atomic mass is 9.98. The number of carbonyl (C=O) groups is 1. The molecule has 0 spiro atoms. The fourth-order valence-corrected chi connectivity index (χ4v) is 1.90. The minimum atomic E-state index is -0.214. The zero-order valence-corrected chi connectivity index (χ0v) is 9.74. The monoisotopic (exact) mass is 235 g/mol. The molecule has 2 heterocycles. The van der Waals surface area contributed by atoms with Gasteiger partial charge >= 0.3 is 0 Å². The Morgan fingerprint density at radius 3 is 3.12 bits per heavy atom. The molecule has 5 nitrogen and oxygen atoms in total. The minimum absolute atomic E-state index is 0.214. The van der Waals surface area contributed by atoms with Crippen LogP contribution < -0.4 is 10.6 Å². The number of piperidine rings is 1. The molecule has 2 rings (SSSR count). The van der Waals surface area contributed by atoms with Gasteiger partial charge in [-0.25, -0.2) is 4.98 Å². The SMILES string of the molecule is C=CCNC(=O)c1coc(C2CCNCC2)n1. The van der Waals surface area contributed by atoms with Crippen LogP contribution in [0.2, 0.25) is 0 Å². The molecule has 5 heteroatoms. The Morgan fingerprint density at radius 1 is 1.65 bits per heavy atom. The minimum Gasteiger partial charge on any atom is -0.448 e. The lowest BCUT2D eigenvalue weighted by Crippen LogP contribution is -2.27. The van der Waals surface area contributed by atoms with Crippen molar-refractivity contribution in [3.63, 3.8) is 0 Å². The Morgan fingerprint density at radius 2 is 2.41 bits per heavy atom. The van der Waals surface area contributed by atoms with Crippen LogP contribution in [0.15, 0.2) is 23.3 Å². The van der Waals surface area contributed by atoms with Gasteiger partial charge in [0.15, 0.2) is 11.6 Å². The van der Waals surface area contributed by atoms with E-state index in [2.05, 4.69) is 22.2 Å². The van der Waals surface area contributed by atoms with Crippen molar-refractivity contribution >= 4 is 5.91 Å². The van der Waals surface area contributed by atoms with Gasteiger partial charge in [-0.2, -0.15) is 0 Å². The van der Waals surface area contributed by atoms with Crippen molar-refractivity contribution in [2.45, 2.75) is 18.8 Å². The number of hydrogen-bond acceptors (Lipinski definition) is 4. The zero-order valence-electron chi connectivity index (χ0n) is 9.74. The predicted molar refractivity (Wildman–Crippen MR) is 63.9 cm³/mol. The van der Waals surface area contributed by atoms with E-state index in [1.165, 1.54) is 6.26 Å². The van der Waals surface area contributed by atoms with E-state index in [1.807, 2.05) is 0 Å². The van der Waals surface area contributed by atoms with E-state index in [1.54, 1.807) is 6.08 Å². The second-order valence-electron chi connectivity index (χ2n) is 4.09. The Labute approximate surface area is 100 Å². The average molecular weight is 235 g/mol. The van der Waals surface area contributed by atoms with Crippen molar-refractivity contribution in [3.8, 4) is 0 Å². The molecule has 1 aliphatic rings. The highest BCUT2D eigenvalue weighted by Crippen LogP contribution is 2.24. The summed E-state index contributed by atoms with van der Waals surface area (Å²) in [7, 11) is 0. The molecule has 1 amide bonds. The molecule has 0 aromatic carbocycles. The van der Waals surface area contributed by atoms with Gasteiger partial charge in [-0.3, -0.25) is 4.79 Å². The van der Waals surface area contributed by atoms with Gasteiger partial charge in [0.2, 0.25) is 0 Å². The number of nitrogens with zero attached hydrogens (tertiary/aromatic N) is 1. The van der Waals surface area contributed by atoms with Crippen LogP contribution in [-0.2, 0) is 0 Å². The largest absolute Gasteiger partial charge is 0.448 e. The fourth-order valence-electron chi connectivity index (χ4n) is 1.90. The number of oxazole rings is 1. The molecular weight excluding hydrogens is 218 g/mol. The van der Waals surface area contributed by atoms with Crippen LogP contribution in [0.4, 0.5) is 0 Å². The van der Waals surface area contributed by atoms with E-state index in [0.717, 1.165) is 25.9 Å². The van der Waals surface area contributed by atoms with Crippen molar-refractivity contribution in [1.29, 1.82) is 0 Å². The van der Waals surface area contributed by atoms with Gasteiger partial charge in [-0.15, -0.1) is 6.58 Å². The van der Waals surface area contributed by atoms with Gasteiger partial charge in [0, 0.05) is 12.5 Å². The third-order valence-electron chi connectivity index (χ3n) is 2.85. The number of aromatic nitrogens is 1. The zero-order chi connectivity index (χ0) is 12.1. The standard InChI is InChI=1S/C12H17N3O2/c1-2-5-14-11(16)10-8-17-12(15-10)9-3-6-13-7-4-9/h2,8-9,13H,1,3-7H2,(H,14,16). The molecule has 17 heavy (non-hydrogen) atoms. The van der Waals surface area contributed by atoms with Crippen LogP contribution in [0, 0.1) is 0 Å². The molecule has 0 radical (unpaired) electrons. The van der Waals surface area contributed by atoms with Gasteiger partial charge < -0.3 is 15.1 Å². The Bertz CT molecular complexity index is 394. The first kappa shape index (κ1) is 11.9. The molecule has 1 saturated heterocycles. The van der Waals surface area contributed by atoms with E-state index in [9.17, 15) is 4.79 Å². The topological polar surface area (TPSA) is 67.2 Å². The molecule has 2 N–H and O–H groups in total. The van der Waals surface area contributed by atoms with Crippen molar-refractivity contribution < 1.29 is 9.21 Å². The third kappa shape index (κ3) is 2.94. The first-order chi connectivity index (χ1) is 8.31. The highest BCUT2D eigenvalue weighted by atomic mass is 16.3. The molecule has 92 valence electrons. The number of hydrogen-bond donors (Lipinski definition) is 2. The molecule has 0 unspecified atom stereocenters. The summed E-state index contributed by atoms with van der Waals surface area (Å²) in [6.45, 7) is 5.93. The van der Waals surface area contributed by atoms with Gasteiger partial charge in [0.05, 0.1) is 0 Å². The number of nitrogens with one attached hydrogen (secondary N) is 2. The number of amides is 1. The molecular formula is C12H17N3O2. The Kier molecular flexibility index (Phi) is 3.93. The van der Waals surface area contributed by atoms with Crippen molar-refractivity contribution in [3.05, 3.63) is 30.5 Å².